The van der Waals surface area contributed by atoms with Gasteiger partial charge in [-0.1, -0.05) is 35.3 Å². The van der Waals surface area contributed by atoms with Crippen molar-refractivity contribution in [2.24, 2.45) is 0 Å². The van der Waals surface area contributed by atoms with Crippen molar-refractivity contribution in [1.29, 1.82) is 0 Å². The van der Waals surface area contributed by atoms with Crippen LogP contribution < -0.4 is 9.62 Å². The molecule has 2 aromatic carbocycles. The number of anilines is 2. The molecule has 0 radical (unpaired) electrons. The number of carbonyl (C=O) groups excluding carboxylic acids is 1. The number of hydrogen-bond acceptors (Lipinski definition) is 4. The number of nitrogens with zero attached hydrogens (tertiary/aromatic N) is 1. The molecule has 0 bridgehead atoms. The molecule has 0 aromatic heterocycles. The Kier molecular flexibility index (Phi) is 6.62. The number of thioether (sulfide) groups is 1. The molecule has 0 unspecified atom stereocenters. The Labute approximate surface area is 161 Å². The Bertz CT molecular complexity index is 868. The summed E-state index contributed by atoms with van der Waals surface area (Å²) >= 11 is 13.4. The zero-order valence-electron chi connectivity index (χ0n) is 13.5. The minimum atomic E-state index is -3.70. The van der Waals surface area contributed by atoms with Crippen LogP contribution in [0.25, 0.3) is 0 Å². The maximum Gasteiger partial charge on any atom is 0.245 e. The van der Waals surface area contributed by atoms with Gasteiger partial charge < -0.3 is 5.32 Å². The molecule has 0 atom stereocenters. The molecule has 0 heterocycles. The van der Waals surface area contributed by atoms with Gasteiger partial charge in [-0.25, -0.2) is 8.42 Å². The van der Waals surface area contributed by atoms with Crippen molar-refractivity contribution in [3.8, 4) is 0 Å². The molecular formula is C16H16Cl2N2O3S2. The van der Waals surface area contributed by atoms with Crippen LogP contribution in [0.3, 0.4) is 0 Å². The van der Waals surface area contributed by atoms with Gasteiger partial charge in [0.25, 0.3) is 0 Å². The first-order chi connectivity index (χ1) is 11.7. The van der Waals surface area contributed by atoms with E-state index >= 15 is 0 Å². The van der Waals surface area contributed by atoms with Crippen molar-refractivity contribution in [2.75, 3.05) is 28.7 Å². The summed E-state index contributed by atoms with van der Waals surface area (Å²) in [6, 6.07) is 11.6. The lowest BCUT2D eigenvalue weighted by Gasteiger charge is -2.22. The van der Waals surface area contributed by atoms with Crippen LogP contribution >= 0.6 is 35.0 Å². The first-order valence-corrected chi connectivity index (χ1v) is 10.9. The fraction of sp³-hybridized carbons (Fsp3) is 0.188. The minimum Gasteiger partial charge on any atom is -0.323 e. The maximum absolute atomic E-state index is 12.4. The summed E-state index contributed by atoms with van der Waals surface area (Å²) in [6.45, 7) is -0.391. The van der Waals surface area contributed by atoms with E-state index < -0.39 is 22.5 Å². The first-order valence-electron chi connectivity index (χ1n) is 7.07. The summed E-state index contributed by atoms with van der Waals surface area (Å²) in [5.41, 5.74) is 0.853. The van der Waals surface area contributed by atoms with Gasteiger partial charge in [-0.2, -0.15) is 0 Å². The third kappa shape index (κ3) is 5.54. The topological polar surface area (TPSA) is 66.5 Å². The summed E-state index contributed by atoms with van der Waals surface area (Å²) in [5, 5.41) is 3.29. The highest BCUT2D eigenvalue weighted by molar-refractivity contribution is 7.98. The maximum atomic E-state index is 12.4. The van der Waals surface area contributed by atoms with E-state index in [1.165, 1.54) is 30.0 Å². The molecular weight excluding hydrogens is 403 g/mol. The number of para-hydroxylation sites is 1. The van der Waals surface area contributed by atoms with Crippen molar-refractivity contribution < 1.29 is 13.2 Å². The summed E-state index contributed by atoms with van der Waals surface area (Å²) in [4.78, 5) is 13.3. The van der Waals surface area contributed by atoms with Gasteiger partial charge in [0.15, 0.2) is 0 Å². The molecule has 2 rings (SSSR count). The van der Waals surface area contributed by atoms with E-state index in [9.17, 15) is 13.2 Å². The largest absolute Gasteiger partial charge is 0.323 e. The number of rotatable bonds is 6. The zero-order chi connectivity index (χ0) is 18.6. The summed E-state index contributed by atoms with van der Waals surface area (Å²) in [7, 11) is -3.70. The average molecular weight is 419 g/mol. The Morgan fingerprint density at radius 3 is 2.32 bits per heavy atom. The number of nitrogens with one attached hydrogen (secondary N) is 1. The minimum absolute atomic E-state index is 0.230. The van der Waals surface area contributed by atoms with E-state index in [4.69, 9.17) is 23.2 Å². The smallest absolute Gasteiger partial charge is 0.245 e. The van der Waals surface area contributed by atoms with E-state index in [1.807, 2.05) is 18.4 Å². The lowest BCUT2D eigenvalue weighted by atomic mass is 10.3. The highest BCUT2D eigenvalue weighted by Crippen LogP contribution is 2.28. The predicted octanol–water partition coefficient (Wildman–Crippen LogP) is 4.12. The first kappa shape index (κ1) is 19.9. The Balaban J connectivity index is 2.27. The molecule has 0 aliphatic rings. The highest BCUT2D eigenvalue weighted by atomic mass is 35.5. The van der Waals surface area contributed by atoms with Crippen molar-refractivity contribution in [1.82, 2.24) is 0 Å². The third-order valence-corrected chi connectivity index (χ3v) is 5.58. The number of hydrogen-bond donors (Lipinski definition) is 1. The van der Waals surface area contributed by atoms with Gasteiger partial charge in [0.05, 0.1) is 17.6 Å². The Morgan fingerprint density at radius 1 is 1.16 bits per heavy atom. The number of amides is 1. The summed E-state index contributed by atoms with van der Waals surface area (Å²) in [6.07, 6.45) is 2.91. The molecule has 0 aliphatic heterocycles. The molecule has 134 valence electrons. The zero-order valence-corrected chi connectivity index (χ0v) is 16.6. The molecule has 0 saturated heterocycles. The Hall–Kier alpha value is -1.41. The van der Waals surface area contributed by atoms with Crippen molar-refractivity contribution in [2.45, 2.75) is 4.90 Å². The van der Waals surface area contributed by atoms with Gasteiger partial charge in [0.1, 0.15) is 6.54 Å². The fourth-order valence-corrected chi connectivity index (χ4v) is 4.06. The normalized spacial score (nSPS) is 11.2. The molecule has 0 saturated carbocycles. The molecule has 0 fully saturated rings. The molecule has 1 N–H and O–H groups in total. The average Bonchev–Trinajstić information content (AvgIpc) is 2.51. The molecule has 0 spiro atoms. The van der Waals surface area contributed by atoms with Gasteiger partial charge in [-0.3, -0.25) is 9.10 Å². The van der Waals surface area contributed by atoms with Crippen LogP contribution in [-0.2, 0) is 14.8 Å². The second kappa shape index (κ2) is 8.31. The molecule has 9 heteroatoms. The highest BCUT2D eigenvalue weighted by Gasteiger charge is 2.22. The number of carbonyl (C=O) groups is 1. The predicted molar refractivity (Wildman–Crippen MR) is 106 cm³/mol. The molecule has 0 aliphatic carbocycles. The van der Waals surface area contributed by atoms with Crippen LogP contribution in [0.2, 0.25) is 10.0 Å². The van der Waals surface area contributed by atoms with Crippen molar-refractivity contribution in [3.63, 3.8) is 0 Å². The number of sulfonamides is 1. The van der Waals surface area contributed by atoms with E-state index in [0.29, 0.717) is 5.69 Å². The van der Waals surface area contributed by atoms with Crippen LogP contribution in [0.1, 0.15) is 0 Å². The summed E-state index contributed by atoms with van der Waals surface area (Å²) < 4.78 is 25.2. The van der Waals surface area contributed by atoms with E-state index in [-0.39, 0.29) is 15.7 Å². The SMILES string of the molecule is CSc1ccccc1NC(=O)CN(c1cc(Cl)cc(Cl)c1)S(C)(=O)=O. The number of halogens is 2. The summed E-state index contributed by atoms with van der Waals surface area (Å²) in [5.74, 6) is -0.469. The third-order valence-electron chi connectivity index (χ3n) is 3.20. The van der Waals surface area contributed by atoms with Gasteiger partial charge in [-0.15, -0.1) is 11.8 Å². The van der Waals surface area contributed by atoms with Crippen LogP contribution in [0, 0.1) is 0 Å². The second-order valence-electron chi connectivity index (χ2n) is 5.15. The molecule has 1 amide bonds. The standard InChI is InChI=1S/C16H16Cl2N2O3S2/c1-24-15-6-4-3-5-14(15)19-16(21)10-20(25(2,22)23)13-8-11(17)7-12(18)9-13/h3-9H,10H2,1-2H3,(H,19,21). The van der Waals surface area contributed by atoms with Gasteiger partial charge in [0.2, 0.25) is 15.9 Å². The molecule has 2 aromatic rings. The van der Waals surface area contributed by atoms with Crippen LogP contribution in [0.15, 0.2) is 47.4 Å². The van der Waals surface area contributed by atoms with Crippen LogP contribution in [0.5, 0.6) is 0 Å². The van der Waals surface area contributed by atoms with Crippen molar-refractivity contribution in [3.05, 3.63) is 52.5 Å². The van der Waals surface area contributed by atoms with Gasteiger partial charge in [-0.05, 0) is 36.6 Å². The Morgan fingerprint density at radius 2 is 1.76 bits per heavy atom. The van der Waals surface area contributed by atoms with Gasteiger partial charge >= 0.3 is 0 Å². The molecule has 25 heavy (non-hydrogen) atoms. The monoisotopic (exact) mass is 418 g/mol. The van der Waals surface area contributed by atoms with Crippen LogP contribution in [0.4, 0.5) is 11.4 Å². The quantitative estimate of drug-likeness (QED) is 0.716. The van der Waals surface area contributed by atoms with Gasteiger partial charge in [0, 0.05) is 14.9 Å². The van der Waals surface area contributed by atoms with E-state index in [0.717, 1.165) is 15.5 Å². The van der Waals surface area contributed by atoms with E-state index in [1.54, 1.807) is 12.1 Å². The van der Waals surface area contributed by atoms with Crippen molar-refractivity contribution >= 4 is 62.3 Å². The van der Waals surface area contributed by atoms with Crippen LogP contribution in [-0.4, -0.2) is 33.4 Å². The second-order valence-corrected chi connectivity index (χ2v) is 8.77. The molecule has 5 nitrogen and oxygen atoms in total. The fourth-order valence-electron chi connectivity index (χ4n) is 2.15. The lowest BCUT2D eigenvalue weighted by Crippen LogP contribution is -2.37. The lowest BCUT2D eigenvalue weighted by molar-refractivity contribution is -0.114. The number of benzene rings is 2. The van der Waals surface area contributed by atoms with E-state index in [2.05, 4.69) is 5.32 Å².